The maximum absolute atomic E-state index is 12.2. The molecule has 1 aliphatic rings. The minimum atomic E-state index is 0.183. The van der Waals surface area contributed by atoms with Gasteiger partial charge in [0.2, 0.25) is 5.91 Å². The number of anilines is 1. The van der Waals surface area contributed by atoms with Gasteiger partial charge in [-0.05, 0) is 25.2 Å². The number of carbonyl (C=O) groups is 1. The van der Waals surface area contributed by atoms with Crippen LogP contribution in [0.3, 0.4) is 0 Å². The highest BCUT2D eigenvalue weighted by atomic mass is 16.2. The summed E-state index contributed by atoms with van der Waals surface area (Å²) < 4.78 is 0. The van der Waals surface area contributed by atoms with Crippen molar-refractivity contribution in [1.82, 2.24) is 14.9 Å². The lowest BCUT2D eigenvalue weighted by Gasteiger charge is -2.23. The molecule has 20 heavy (non-hydrogen) atoms. The number of nitrogen functional groups attached to an aromatic ring is 1. The third-order valence-corrected chi connectivity index (χ3v) is 3.81. The lowest BCUT2D eigenvalue weighted by molar-refractivity contribution is -0.131. The molecule has 1 aliphatic heterocycles. The molecule has 1 saturated heterocycles. The molecule has 6 heteroatoms. The van der Waals surface area contributed by atoms with Crippen LogP contribution in [0.15, 0.2) is 6.07 Å². The van der Waals surface area contributed by atoms with Gasteiger partial charge in [-0.3, -0.25) is 4.79 Å². The van der Waals surface area contributed by atoms with Crippen LogP contribution in [-0.2, 0) is 11.3 Å². The zero-order valence-corrected chi connectivity index (χ0v) is 12.4. The number of hydrazine groups is 1. The van der Waals surface area contributed by atoms with Crippen LogP contribution in [0.4, 0.5) is 5.82 Å². The molecule has 110 valence electrons. The monoisotopic (exact) mass is 277 g/mol. The van der Waals surface area contributed by atoms with Gasteiger partial charge in [0, 0.05) is 24.7 Å². The number of aryl methyl sites for hydroxylation is 1. The molecule has 6 nitrogen and oxygen atoms in total. The molecular weight excluding hydrogens is 254 g/mol. The molecule has 1 aromatic rings. The van der Waals surface area contributed by atoms with E-state index in [2.05, 4.69) is 29.2 Å². The zero-order valence-electron chi connectivity index (χ0n) is 12.4. The van der Waals surface area contributed by atoms with Crippen LogP contribution in [0.2, 0.25) is 0 Å². The van der Waals surface area contributed by atoms with E-state index in [4.69, 9.17) is 5.84 Å². The fraction of sp³-hybridized carbons (Fsp3) is 0.643. The molecule has 1 amide bonds. The molecule has 0 atom stereocenters. The first kappa shape index (κ1) is 14.7. The van der Waals surface area contributed by atoms with E-state index in [1.54, 1.807) is 6.07 Å². The smallest absolute Gasteiger partial charge is 0.222 e. The van der Waals surface area contributed by atoms with E-state index in [1.807, 2.05) is 11.8 Å². The number of nitrogens with zero attached hydrogens (tertiary/aromatic N) is 3. The summed E-state index contributed by atoms with van der Waals surface area (Å²) in [5, 5.41) is 0. The minimum Gasteiger partial charge on any atom is -0.335 e. The summed E-state index contributed by atoms with van der Waals surface area (Å²) >= 11 is 0. The molecule has 1 fully saturated rings. The molecular formula is C14H23N5O. The second kappa shape index (κ2) is 5.75. The van der Waals surface area contributed by atoms with Crippen LogP contribution in [0.1, 0.15) is 44.6 Å². The van der Waals surface area contributed by atoms with Crippen molar-refractivity contribution < 1.29 is 4.79 Å². The van der Waals surface area contributed by atoms with Crippen molar-refractivity contribution in [2.45, 2.75) is 46.6 Å². The number of hydrogen-bond acceptors (Lipinski definition) is 5. The summed E-state index contributed by atoms with van der Waals surface area (Å²) in [6.45, 7) is 7.52. The first-order valence-electron chi connectivity index (χ1n) is 6.98. The van der Waals surface area contributed by atoms with Gasteiger partial charge >= 0.3 is 0 Å². The fourth-order valence-corrected chi connectivity index (χ4v) is 2.40. The summed E-state index contributed by atoms with van der Waals surface area (Å²) in [5.74, 6) is 6.78. The number of carbonyl (C=O) groups excluding carboxylic acids is 1. The van der Waals surface area contributed by atoms with Crippen molar-refractivity contribution in [3.05, 3.63) is 17.6 Å². The Labute approximate surface area is 119 Å². The van der Waals surface area contributed by atoms with Gasteiger partial charge in [-0.25, -0.2) is 15.8 Å². The Morgan fingerprint density at radius 3 is 2.85 bits per heavy atom. The van der Waals surface area contributed by atoms with Gasteiger partial charge in [0.05, 0.1) is 6.54 Å². The predicted octanol–water partition coefficient (Wildman–Crippen LogP) is 1.61. The third kappa shape index (κ3) is 3.66. The topological polar surface area (TPSA) is 84.1 Å². The second-order valence-electron chi connectivity index (χ2n) is 6.18. The molecule has 0 aliphatic carbocycles. The number of nitrogens with one attached hydrogen (secondary N) is 1. The fourth-order valence-electron chi connectivity index (χ4n) is 2.40. The molecule has 0 radical (unpaired) electrons. The Kier molecular flexibility index (Phi) is 4.23. The number of aromatic nitrogens is 2. The Morgan fingerprint density at radius 1 is 1.40 bits per heavy atom. The quantitative estimate of drug-likeness (QED) is 0.647. The third-order valence-electron chi connectivity index (χ3n) is 3.81. The van der Waals surface area contributed by atoms with E-state index in [-0.39, 0.29) is 11.3 Å². The van der Waals surface area contributed by atoms with Crippen molar-refractivity contribution in [3.63, 3.8) is 0 Å². The number of hydrogen-bond donors (Lipinski definition) is 2. The second-order valence-corrected chi connectivity index (χ2v) is 6.18. The molecule has 0 aromatic carbocycles. The number of likely N-dealkylation sites (tertiary alicyclic amines) is 1. The molecule has 0 bridgehead atoms. The van der Waals surface area contributed by atoms with E-state index in [9.17, 15) is 4.79 Å². The summed E-state index contributed by atoms with van der Waals surface area (Å²) in [7, 11) is 0. The van der Waals surface area contributed by atoms with Crippen LogP contribution in [0.5, 0.6) is 0 Å². The molecule has 1 aromatic heterocycles. The number of amides is 1. The largest absolute Gasteiger partial charge is 0.335 e. The molecule has 0 spiro atoms. The zero-order chi connectivity index (χ0) is 14.8. The minimum absolute atomic E-state index is 0.183. The average Bonchev–Trinajstić information content (AvgIpc) is 2.51. The van der Waals surface area contributed by atoms with Crippen LogP contribution < -0.4 is 11.3 Å². The van der Waals surface area contributed by atoms with Crippen molar-refractivity contribution in [3.8, 4) is 0 Å². The summed E-state index contributed by atoms with van der Waals surface area (Å²) in [5.41, 5.74) is 3.59. The van der Waals surface area contributed by atoms with Crippen LogP contribution in [0, 0.1) is 12.3 Å². The van der Waals surface area contributed by atoms with E-state index in [0.29, 0.717) is 24.6 Å². The molecule has 3 N–H and O–H groups in total. The van der Waals surface area contributed by atoms with Gasteiger partial charge in [0.25, 0.3) is 0 Å². The van der Waals surface area contributed by atoms with Gasteiger partial charge in [-0.2, -0.15) is 0 Å². The highest BCUT2D eigenvalue weighted by molar-refractivity contribution is 5.76. The van der Waals surface area contributed by atoms with Crippen molar-refractivity contribution >= 4 is 11.7 Å². The molecule has 2 heterocycles. The normalized spacial score (nSPS) is 18.8. The highest BCUT2D eigenvalue weighted by Crippen LogP contribution is 2.30. The Hall–Kier alpha value is -1.69. The first-order chi connectivity index (χ1) is 9.39. The van der Waals surface area contributed by atoms with E-state index in [0.717, 1.165) is 25.1 Å². The lowest BCUT2D eigenvalue weighted by Crippen LogP contribution is -2.31. The van der Waals surface area contributed by atoms with Gasteiger partial charge < -0.3 is 10.3 Å². The van der Waals surface area contributed by atoms with Crippen LogP contribution in [-0.4, -0.2) is 27.3 Å². The maximum Gasteiger partial charge on any atom is 0.222 e. The van der Waals surface area contributed by atoms with Gasteiger partial charge in [0.15, 0.2) is 0 Å². The van der Waals surface area contributed by atoms with E-state index < -0.39 is 0 Å². The van der Waals surface area contributed by atoms with Crippen LogP contribution in [0.25, 0.3) is 0 Å². The Balaban J connectivity index is 2.12. The van der Waals surface area contributed by atoms with E-state index in [1.165, 1.54) is 0 Å². The first-order valence-corrected chi connectivity index (χ1v) is 6.98. The number of rotatable bonds is 3. The van der Waals surface area contributed by atoms with Crippen molar-refractivity contribution in [2.75, 3.05) is 12.0 Å². The van der Waals surface area contributed by atoms with Crippen molar-refractivity contribution in [1.29, 1.82) is 0 Å². The lowest BCUT2D eigenvalue weighted by atomic mass is 9.85. The summed E-state index contributed by atoms with van der Waals surface area (Å²) in [6, 6.07) is 1.77. The standard InChI is InChI=1S/C14H23N5O/c1-10-8-11(18-15)17-12(16-10)9-19-7-6-14(2,3)5-4-13(19)20/h8H,4-7,9,15H2,1-3H3,(H,16,17,18). The maximum atomic E-state index is 12.2. The average molecular weight is 277 g/mol. The van der Waals surface area contributed by atoms with Gasteiger partial charge in [0.1, 0.15) is 11.6 Å². The summed E-state index contributed by atoms with van der Waals surface area (Å²) in [4.78, 5) is 22.7. The van der Waals surface area contributed by atoms with Crippen molar-refractivity contribution in [2.24, 2.45) is 11.3 Å². The van der Waals surface area contributed by atoms with Gasteiger partial charge in [-0.1, -0.05) is 13.8 Å². The van der Waals surface area contributed by atoms with Gasteiger partial charge in [-0.15, -0.1) is 0 Å². The molecule has 2 rings (SSSR count). The Morgan fingerprint density at radius 2 is 2.15 bits per heavy atom. The highest BCUT2D eigenvalue weighted by Gasteiger charge is 2.27. The molecule has 0 saturated carbocycles. The SMILES string of the molecule is Cc1cc(NN)nc(CN2CCC(C)(C)CCC2=O)n1. The Bertz CT molecular complexity index is 500. The summed E-state index contributed by atoms with van der Waals surface area (Å²) in [6.07, 6.45) is 2.54. The molecule has 0 unspecified atom stereocenters. The van der Waals surface area contributed by atoms with E-state index >= 15 is 0 Å². The van der Waals surface area contributed by atoms with Crippen LogP contribution >= 0.6 is 0 Å². The predicted molar refractivity (Wildman–Crippen MR) is 77.6 cm³/mol. The number of nitrogens with two attached hydrogens (primary N) is 1.